The van der Waals surface area contributed by atoms with Gasteiger partial charge in [0.25, 0.3) is 0 Å². The van der Waals surface area contributed by atoms with Gasteiger partial charge in [0.2, 0.25) is 0 Å². The van der Waals surface area contributed by atoms with Crippen molar-refractivity contribution in [1.82, 2.24) is 0 Å². The summed E-state index contributed by atoms with van der Waals surface area (Å²) in [5.41, 5.74) is -2.77. The third kappa shape index (κ3) is 3.62. The molecule has 0 aromatic heterocycles. The first-order chi connectivity index (χ1) is 12.2. The highest BCUT2D eigenvalue weighted by Crippen LogP contribution is 2.47. The Morgan fingerprint density at radius 3 is 2.15 bits per heavy atom. The van der Waals surface area contributed by atoms with E-state index in [1.54, 1.807) is 30.3 Å². The van der Waals surface area contributed by atoms with Gasteiger partial charge < -0.3 is 4.18 Å². The van der Waals surface area contributed by atoms with Gasteiger partial charge in [0, 0.05) is 5.92 Å². The van der Waals surface area contributed by atoms with E-state index in [0.29, 0.717) is 12.0 Å². The minimum Gasteiger partial charge on any atom is -0.380 e. The molecule has 0 fully saturated rings. The van der Waals surface area contributed by atoms with Crippen molar-refractivity contribution in [3.63, 3.8) is 0 Å². The molecule has 0 bridgehead atoms. The van der Waals surface area contributed by atoms with Crippen molar-refractivity contribution in [3.8, 4) is 0 Å². The lowest BCUT2D eigenvalue weighted by Crippen LogP contribution is -2.26. The summed E-state index contributed by atoms with van der Waals surface area (Å²) < 4.78 is 65.7. The molecule has 0 saturated carbocycles. The van der Waals surface area contributed by atoms with E-state index in [-0.39, 0.29) is 11.7 Å². The van der Waals surface area contributed by atoms with E-state index >= 15 is 0 Å². The van der Waals surface area contributed by atoms with Crippen LogP contribution in [0.1, 0.15) is 34.9 Å². The molecule has 26 heavy (non-hydrogen) atoms. The second-order valence-corrected chi connectivity index (χ2v) is 7.77. The fourth-order valence-electron chi connectivity index (χ4n) is 3.16. The fourth-order valence-corrected chi connectivity index (χ4v) is 3.68. The molecule has 2 aromatic rings. The lowest BCUT2D eigenvalue weighted by molar-refractivity contribution is -0.0524. The van der Waals surface area contributed by atoms with Crippen LogP contribution in [0.15, 0.2) is 66.4 Å². The van der Waals surface area contributed by atoms with E-state index < -0.39 is 21.5 Å². The van der Waals surface area contributed by atoms with Crippen LogP contribution in [0.4, 0.5) is 13.2 Å². The average Bonchev–Trinajstić information content (AvgIpc) is 2.98. The summed E-state index contributed by atoms with van der Waals surface area (Å²) in [6, 6.07) is 16.5. The van der Waals surface area contributed by atoms with Crippen LogP contribution in [0.3, 0.4) is 0 Å². The standard InChI is InChI=1S/C19H17F3O3S/c1-13-7-9-14(10-8-13)16-11-12-17(25-26(23,24)19(20,21)22)18(16)15-5-3-2-4-6-15/h2-10,12,16,18H,11H2,1H3. The van der Waals surface area contributed by atoms with Crippen LogP contribution in [0, 0.1) is 6.92 Å². The maximum Gasteiger partial charge on any atom is 0.534 e. The highest BCUT2D eigenvalue weighted by Gasteiger charge is 2.50. The minimum absolute atomic E-state index is 0.181. The van der Waals surface area contributed by atoms with Gasteiger partial charge in [-0.25, -0.2) is 0 Å². The van der Waals surface area contributed by atoms with Crippen molar-refractivity contribution in [3.05, 3.63) is 83.1 Å². The second-order valence-electron chi connectivity index (χ2n) is 6.23. The van der Waals surface area contributed by atoms with E-state index in [9.17, 15) is 21.6 Å². The third-order valence-corrected chi connectivity index (χ3v) is 5.41. The summed E-state index contributed by atoms with van der Waals surface area (Å²) in [5, 5.41) is 0. The molecular formula is C19H17F3O3S. The monoisotopic (exact) mass is 382 g/mol. The quantitative estimate of drug-likeness (QED) is 0.551. The molecule has 2 atom stereocenters. The van der Waals surface area contributed by atoms with E-state index in [1.165, 1.54) is 6.08 Å². The Balaban J connectivity index is 1.99. The minimum atomic E-state index is -5.70. The second kappa shape index (κ2) is 6.79. The van der Waals surface area contributed by atoms with Crippen molar-refractivity contribution >= 4 is 10.1 Å². The van der Waals surface area contributed by atoms with Gasteiger partial charge in [-0.05, 0) is 30.5 Å². The van der Waals surface area contributed by atoms with Crippen molar-refractivity contribution in [2.75, 3.05) is 0 Å². The maximum atomic E-state index is 12.7. The summed E-state index contributed by atoms with van der Waals surface area (Å²) in [4.78, 5) is 0. The molecule has 0 N–H and O–H groups in total. The third-order valence-electron chi connectivity index (χ3n) is 4.44. The Hall–Kier alpha value is -2.28. The first-order valence-electron chi connectivity index (χ1n) is 8.01. The molecule has 0 radical (unpaired) electrons. The topological polar surface area (TPSA) is 43.4 Å². The Kier molecular flexibility index (Phi) is 4.84. The van der Waals surface area contributed by atoms with Crippen molar-refractivity contribution in [2.45, 2.75) is 30.7 Å². The van der Waals surface area contributed by atoms with Gasteiger partial charge in [-0.3, -0.25) is 0 Å². The predicted octanol–water partition coefficient (Wildman–Crippen LogP) is 5.02. The highest BCUT2D eigenvalue weighted by atomic mass is 32.2. The number of alkyl halides is 3. The normalized spacial score (nSPS) is 20.7. The first-order valence-corrected chi connectivity index (χ1v) is 9.42. The van der Waals surface area contributed by atoms with Gasteiger partial charge >= 0.3 is 15.6 Å². The number of benzene rings is 2. The van der Waals surface area contributed by atoms with Gasteiger partial charge in [0.15, 0.2) is 0 Å². The van der Waals surface area contributed by atoms with Gasteiger partial charge in [0.05, 0.1) is 5.92 Å². The van der Waals surface area contributed by atoms with Crippen LogP contribution in [-0.2, 0) is 14.3 Å². The molecule has 2 aromatic carbocycles. The SMILES string of the molecule is Cc1ccc(C2CC=C(OS(=O)(=O)C(F)(F)F)C2c2ccccc2)cc1. The van der Waals surface area contributed by atoms with E-state index in [2.05, 4.69) is 4.18 Å². The number of aryl methyl sites for hydroxylation is 1. The Bertz CT molecular complexity index is 901. The van der Waals surface area contributed by atoms with Crippen LogP contribution in [0.2, 0.25) is 0 Å². The van der Waals surface area contributed by atoms with E-state index in [4.69, 9.17) is 0 Å². The number of halogens is 3. The molecule has 0 amide bonds. The van der Waals surface area contributed by atoms with E-state index in [0.717, 1.165) is 11.1 Å². The Morgan fingerprint density at radius 2 is 1.58 bits per heavy atom. The van der Waals surface area contributed by atoms with Gasteiger partial charge in [-0.15, -0.1) is 0 Å². The molecule has 0 spiro atoms. The number of allylic oxidation sites excluding steroid dienone is 2. The summed E-state index contributed by atoms with van der Waals surface area (Å²) in [7, 11) is -5.70. The van der Waals surface area contributed by atoms with Crippen molar-refractivity contribution in [2.24, 2.45) is 0 Å². The summed E-state index contributed by atoms with van der Waals surface area (Å²) in [5.74, 6) is -0.980. The van der Waals surface area contributed by atoms with Crippen LogP contribution in [-0.4, -0.2) is 13.9 Å². The highest BCUT2D eigenvalue weighted by molar-refractivity contribution is 7.87. The number of hydrogen-bond donors (Lipinski definition) is 0. The maximum absolute atomic E-state index is 12.7. The molecule has 2 unspecified atom stereocenters. The zero-order valence-corrected chi connectivity index (χ0v) is 14.7. The summed E-state index contributed by atoms with van der Waals surface area (Å²) >= 11 is 0. The summed E-state index contributed by atoms with van der Waals surface area (Å²) in [6.07, 6.45) is 1.83. The molecular weight excluding hydrogens is 365 g/mol. The molecule has 1 aliphatic rings. The Morgan fingerprint density at radius 1 is 0.962 bits per heavy atom. The van der Waals surface area contributed by atoms with Crippen LogP contribution in [0.25, 0.3) is 0 Å². The van der Waals surface area contributed by atoms with Crippen LogP contribution < -0.4 is 0 Å². The van der Waals surface area contributed by atoms with Gasteiger partial charge in [-0.1, -0.05) is 60.2 Å². The van der Waals surface area contributed by atoms with Gasteiger partial charge in [-0.2, -0.15) is 21.6 Å². The largest absolute Gasteiger partial charge is 0.534 e. The lowest BCUT2D eigenvalue weighted by atomic mass is 9.83. The molecule has 3 rings (SSSR count). The van der Waals surface area contributed by atoms with Crippen LogP contribution >= 0.6 is 0 Å². The molecule has 1 aliphatic carbocycles. The van der Waals surface area contributed by atoms with E-state index in [1.807, 2.05) is 31.2 Å². The summed E-state index contributed by atoms with van der Waals surface area (Å²) in [6.45, 7) is 1.94. The van der Waals surface area contributed by atoms with Crippen LogP contribution in [0.5, 0.6) is 0 Å². The number of rotatable bonds is 4. The fraction of sp³-hybridized carbons (Fsp3) is 0.263. The molecule has 138 valence electrons. The zero-order valence-electron chi connectivity index (χ0n) is 13.9. The average molecular weight is 382 g/mol. The first kappa shape index (κ1) is 18.5. The van der Waals surface area contributed by atoms with Gasteiger partial charge in [0.1, 0.15) is 5.76 Å². The zero-order chi connectivity index (χ0) is 18.9. The predicted molar refractivity (Wildman–Crippen MR) is 91.9 cm³/mol. The lowest BCUT2D eigenvalue weighted by Gasteiger charge is -2.24. The smallest absolute Gasteiger partial charge is 0.380 e. The number of hydrogen-bond acceptors (Lipinski definition) is 3. The van der Waals surface area contributed by atoms with Crippen molar-refractivity contribution < 1.29 is 25.8 Å². The van der Waals surface area contributed by atoms with Crippen molar-refractivity contribution in [1.29, 1.82) is 0 Å². The molecule has 0 saturated heterocycles. The molecule has 7 heteroatoms. The molecule has 3 nitrogen and oxygen atoms in total. The Labute approximate surface area is 150 Å². The molecule has 0 aliphatic heterocycles. The molecule has 0 heterocycles.